The molecule has 4 bridgehead atoms. The van der Waals surface area contributed by atoms with Crippen molar-refractivity contribution in [3.8, 4) is 0 Å². The van der Waals surface area contributed by atoms with Crippen molar-refractivity contribution in [2.45, 2.75) is 50.5 Å². The van der Waals surface area contributed by atoms with Gasteiger partial charge in [0.25, 0.3) is 5.56 Å². The molecule has 4 saturated carbocycles. The van der Waals surface area contributed by atoms with E-state index in [1.165, 1.54) is 7.05 Å². The Labute approximate surface area is 160 Å². The summed E-state index contributed by atoms with van der Waals surface area (Å²) in [7, 11) is 1.33. The van der Waals surface area contributed by atoms with Crippen molar-refractivity contribution < 1.29 is 19.4 Å². The summed E-state index contributed by atoms with van der Waals surface area (Å²) in [6.07, 6.45) is 5.32. The molecule has 1 aromatic heterocycles. The highest BCUT2D eigenvalue weighted by Gasteiger charge is 2.57. The molecule has 152 valence electrons. The van der Waals surface area contributed by atoms with Crippen LogP contribution >= 0.6 is 0 Å². The third-order valence-corrected chi connectivity index (χ3v) is 6.68. The normalized spacial score (nSPS) is 33.1. The molecule has 0 aliphatic heterocycles. The molecule has 9 nitrogen and oxygen atoms in total. The molecule has 1 aromatic rings. The second kappa shape index (κ2) is 6.30. The average Bonchev–Trinajstić information content (AvgIpc) is 2.55. The lowest BCUT2D eigenvalue weighted by molar-refractivity contribution is -0.176. The maximum atomic E-state index is 12.4. The Balaban J connectivity index is 1.42. The van der Waals surface area contributed by atoms with Crippen LogP contribution in [-0.2, 0) is 16.6 Å². The van der Waals surface area contributed by atoms with E-state index in [9.17, 15) is 24.3 Å². The minimum atomic E-state index is -0.898. The number of ketones is 1. The van der Waals surface area contributed by atoms with Crippen LogP contribution in [-0.4, -0.2) is 38.6 Å². The molecule has 4 aliphatic rings. The van der Waals surface area contributed by atoms with Gasteiger partial charge in [-0.05, 0) is 55.8 Å². The molecule has 0 amide bonds. The molecule has 1 heterocycles. The third kappa shape index (κ3) is 3.17. The number of Topliss-reactive ketones (excluding diaryl/α,β-unsaturated/α-hetero) is 1. The lowest BCUT2D eigenvalue weighted by Gasteiger charge is -2.60. The molecule has 9 heteroatoms. The number of aromatic amines is 1. The summed E-state index contributed by atoms with van der Waals surface area (Å²) < 4.78 is 6.10. The Morgan fingerprint density at radius 2 is 1.89 bits per heavy atom. The van der Waals surface area contributed by atoms with E-state index in [1.807, 2.05) is 4.98 Å². The maximum Gasteiger partial charge on any atom is 0.329 e. The Kier molecular flexibility index (Phi) is 4.26. The zero-order valence-corrected chi connectivity index (χ0v) is 15.8. The standard InChI is InChI=1S/C19H25N3O6/c1-22-15(20)14(16(25)21-17(22)26)12(23)8-28-13(24)7-18-3-10-2-11(4-18)6-19(27,5-10)9-18/h10-11,27H,2-9,20H2,1H3,(H,21,25,26)/t10-,11+,18?,19?. The molecule has 0 saturated heterocycles. The van der Waals surface area contributed by atoms with Gasteiger partial charge in [-0.25, -0.2) is 4.79 Å². The number of nitrogens with zero attached hydrogens (tertiary/aromatic N) is 1. The quantitative estimate of drug-likeness (QED) is 0.477. The van der Waals surface area contributed by atoms with Crippen LogP contribution in [0.4, 0.5) is 5.82 Å². The Bertz CT molecular complexity index is 947. The maximum absolute atomic E-state index is 12.4. The minimum Gasteiger partial charge on any atom is -0.457 e. The van der Waals surface area contributed by atoms with Crippen LogP contribution in [0.15, 0.2) is 9.59 Å². The van der Waals surface area contributed by atoms with Gasteiger partial charge in [0, 0.05) is 7.05 Å². The molecule has 0 aromatic carbocycles. The summed E-state index contributed by atoms with van der Waals surface area (Å²) in [5, 5.41) is 10.8. The van der Waals surface area contributed by atoms with E-state index in [0.717, 1.165) is 36.7 Å². The molecule has 5 rings (SSSR count). The van der Waals surface area contributed by atoms with Crippen molar-refractivity contribution in [1.82, 2.24) is 9.55 Å². The van der Waals surface area contributed by atoms with Crippen LogP contribution in [0.25, 0.3) is 0 Å². The van der Waals surface area contributed by atoms with Gasteiger partial charge in [0.1, 0.15) is 11.4 Å². The smallest absolute Gasteiger partial charge is 0.329 e. The molecule has 2 unspecified atom stereocenters. The van der Waals surface area contributed by atoms with Crippen molar-refractivity contribution in [1.29, 1.82) is 0 Å². The van der Waals surface area contributed by atoms with Gasteiger partial charge < -0.3 is 15.6 Å². The number of hydrogen-bond acceptors (Lipinski definition) is 7. The highest BCUT2D eigenvalue weighted by Crippen LogP contribution is 2.62. The first kappa shape index (κ1) is 18.9. The van der Waals surface area contributed by atoms with Crippen LogP contribution < -0.4 is 17.0 Å². The number of H-pyrrole nitrogens is 1. The number of esters is 1. The van der Waals surface area contributed by atoms with Gasteiger partial charge in [-0.2, -0.15) is 0 Å². The van der Waals surface area contributed by atoms with Crippen LogP contribution in [0.3, 0.4) is 0 Å². The summed E-state index contributed by atoms with van der Waals surface area (Å²) >= 11 is 0. The fourth-order valence-corrected chi connectivity index (χ4v) is 6.09. The summed E-state index contributed by atoms with van der Waals surface area (Å²) in [6, 6.07) is 0. The molecule has 0 radical (unpaired) electrons. The van der Waals surface area contributed by atoms with E-state index in [-0.39, 0.29) is 23.2 Å². The number of rotatable bonds is 5. The summed E-state index contributed by atoms with van der Waals surface area (Å²) in [5.74, 6) is -0.641. The number of ether oxygens (including phenoxy) is 1. The Hall–Kier alpha value is -2.42. The van der Waals surface area contributed by atoms with Crippen molar-refractivity contribution in [3.05, 3.63) is 26.4 Å². The zero-order valence-electron chi connectivity index (χ0n) is 15.8. The second-order valence-electron chi connectivity index (χ2n) is 9.02. The van der Waals surface area contributed by atoms with Crippen molar-refractivity contribution in [2.24, 2.45) is 24.3 Å². The molecular weight excluding hydrogens is 366 g/mol. The second-order valence-corrected chi connectivity index (χ2v) is 9.02. The summed E-state index contributed by atoms with van der Waals surface area (Å²) in [4.78, 5) is 50.2. The number of nitrogen functional groups attached to an aromatic ring is 1. The van der Waals surface area contributed by atoms with E-state index in [0.29, 0.717) is 18.3 Å². The van der Waals surface area contributed by atoms with E-state index in [4.69, 9.17) is 10.5 Å². The van der Waals surface area contributed by atoms with Gasteiger partial charge in [0.15, 0.2) is 6.61 Å². The van der Waals surface area contributed by atoms with E-state index in [1.54, 1.807) is 0 Å². The first-order valence-electron chi connectivity index (χ1n) is 9.60. The van der Waals surface area contributed by atoms with Gasteiger partial charge in [-0.1, -0.05) is 0 Å². The van der Waals surface area contributed by atoms with Gasteiger partial charge in [-0.15, -0.1) is 0 Å². The lowest BCUT2D eigenvalue weighted by atomic mass is 9.47. The summed E-state index contributed by atoms with van der Waals surface area (Å²) in [6.45, 7) is -0.614. The van der Waals surface area contributed by atoms with Gasteiger partial charge in [0.05, 0.1) is 12.0 Å². The number of carbonyl (C=O) groups is 2. The van der Waals surface area contributed by atoms with Crippen LogP contribution in [0, 0.1) is 17.3 Å². The van der Waals surface area contributed by atoms with E-state index < -0.39 is 35.2 Å². The average molecular weight is 391 g/mol. The Morgan fingerprint density at radius 3 is 2.50 bits per heavy atom. The largest absolute Gasteiger partial charge is 0.457 e. The molecule has 4 atom stereocenters. The molecule has 4 fully saturated rings. The number of carbonyl (C=O) groups excluding carboxylic acids is 2. The summed E-state index contributed by atoms with van der Waals surface area (Å²) in [5.41, 5.74) is 2.75. The minimum absolute atomic E-state index is 0.161. The lowest BCUT2D eigenvalue weighted by Crippen LogP contribution is -2.56. The van der Waals surface area contributed by atoms with E-state index >= 15 is 0 Å². The third-order valence-electron chi connectivity index (χ3n) is 6.68. The first-order chi connectivity index (χ1) is 13.1. The molecule has 4 aliphatic carbocycles. The predicted molar refractivity (Wildman–Crippen MR) is 98.7 cm³/mol. The van der Waals surface area contributed by atoms with Crippen LogP contribution in [0.5, 0.6) is 0 Å². The number of hydrogen-bond donors (Lipinski definition) is 3. The number of nitrogens with one attached hydrogen (secondary N) is 1. The number of nitrogens with two attached hydrogens (primary N) is 1. The monoisotopic (exact) mass is 391 g/mol. The van der Waals surface area contributed by atoms with E-state index in [2.05, 4.69) is 0 Å². The highest BCUT2D eigenvalue weighted by atomic mass is 16.5. The zero-order chi connectivity index (χ0) is 20.3. The van der Waals surface area contributed by atoms with Crippen LogP contribution in [0.2, 0.25) is 0 Å². The number of aliphatic hydroxyl groups is 1. The highest BCUT2D eigenvalue weighted by molar-refractivity contribution is 6.01. The van der Waals surface area contributed by atoms with Gasteiger partial charge >= 0.3 is 11.7 Å². The van der Waals surface area contributed by atoms with Crippen molar-refractivity contribution in [3.63, 3.8) is 0 Å². The SMILES string of the molecule is Cn1c(N)c(C(=O)COC(=O)CC23C[C@@H]4C[C@@H](CC(O)(C4)C2)C3)c(=O)[nH]c1=O. The van der Waals surface area contributed by atoms with Crippen LogP contribution in [0.1, 0.15) is 55.3 Å². The first-order valence-corrected chi connectivity index (χ1v) is 9.60. The molecule has 28 heavy (non-hydrogen) atoms. The van der Waals surface area contributed by atoms with Crippen molar-refractivity contribution in [2.75, 3.05) is 12.3 Å². The van der Waals surface area contributed by atoms with Gasteiger partial charge in [0.2, 0.25) is 5.78 Å². The predicted octanol–water partition coefficient (Wildman–Crippen LogP) is 0.103. The van der Waals surface area contributed by atoms with Gasteiger partial charge in [-0.3, -0.25) is 23.9 Å². The Morgan fingerprint density at radius 1 is 1.25 bits per heavy atom. The molecule has 0 spiro atoms. The van der Waals surface area contributed by atoms with Crippen molar-refractivity contribution >= 4 is 17.6 Å². The molecular formula is C19H25N3O6. The number of anilines is 1. The number of aromatic nitrogens is 2. The topological polar surface area (TPSA) is 144 Å². The fraction of sp³-hybridized carbons (Fsp3) is 0.684. The fourth-order valence-electron chi connectivity index (χ4n) is 6.09. The molecule has 4 N–H and O–H groups in total.